The number of benzene rings is 2. The van der Waals surface area contributed by atoms with E-state index in [1.165, 1.54) is 0 Å². The zero-order chi connectivity index (χ0) is 14.1. The summed E-state index contributed by atoms with van der Waals surface area (Å²) in [7, 11) is 0. The van der Waals surface area contributed by atoms with E-state index in [0.717, 1.165) is 27.0 Å². The van der Waals surface area contributed by atoms with Crippen LogP contribution in [0.25, 0.3) is 16.6 Å². The lowest BCUT2D eigenvalue weighted by Crippen LogP contribution is -2.15. The van der Waals surface area contributed by atoms with Gasteiger partial charge in [0.15, 0.2) is 0 Å². The first kappa shape index (κ1) is 13.1. The largest absolute Gasteiger partial charge is 0.389 e. The maximum Gasteiger partial charge on any atom is 0.107 e. The second-order valence-corrected chi connectivity index (χ2v) is 5.62. The van der Waals surface area contributed by atoms with Gasteiger partial charge in [-0.3, -0.25) is 0 Å². The summed E-state index contributed by atoms with van der Waals surface area (Å²) in [6, 6.07) is 14.1. The minimum absolute atomic E-state index is 0.393. The van der Waals surface area contributed by atoms with Crippen LogP contribution in [0.2, 0.25) is 0 Å². The number of nitrogens with two attached hydrogens (primary N) is 1. The van der Waals surface area contributed by atoms with Gasteiger partial charge in [-0.15, -0.1) is 11.8 Å². The van der Waals surface area contributed by atoms with Crippen LogP contribution in [0, 0.1) is 0 Å². The first-order valence-electron chi connectivity index (χ1n) is 6.12. The van der Waals surface area contributed by atoms with Crippen LogP contribution in [0.15, 0.2) is 53.6 Å². The van der Waals surface area contributed by atoms with Crippen LogP contribution in [-0.2, 0) is 0 Å². The average Bonchev–Trinajstić information content (AvgIpc) is 2.90. The van der Waals surface area contributed by atoms with Crippen molar-refractivity contribution in [3.8, 4) is 5.69 Å². The van der Waals surface area contributed by atoms with Crippen LogP contribution >= 0.6 is 24.0 Å². The van der Waals surface area contributed by atoms with Gasteiger partial charge in [-0.1, -0.05) is 36.5 Å². The fourth-order valence-electron chi connectivity index (χ4n) is 2.28. The Labute approximate surface area is 126 Å². The molecule has 0 aliphatic heterocycles. The lowest BCUT2D eigenvalue weighted by atomic mass is 10.1. The summed E-state index contributed by atoms with van der Waals surface area (Å²) in [6.07, 6.45) is 3.87. The summed E-state index contributed by atoms with van der Waals surface area (Å²) in [4.78, 5) is 1.46. The summed E-state index contributed by atoms with van der Waals surface area (Å²) in [5, 5.41) is 5.57. The predicted molar refractivity (Wildman–Crippen MR) is 88.7 cm³/mol. The molecule has 3 rings (SSSR count). The SMILES string of the molecule is CSc1cccc(-n2ncc3ccccc32)c1C(N)=S. The summed E-state index contributed by atoms with van der Waals surface area (Å²) in [6.45, 7) is 0. The van der Waals surface area contributed by atoms with Crippen molar-refractivity contribution in [3.05, 3.63) is 54.2 Å². The number of fused-ring (bicyclic) bond motifs is 1. The van der Waals surface area contributed by atoms with Gasteiger partial charge in [0.2, 0.25) is 0 Å². The van der Waals surface area contributed by atoms with E-state index in [9.17, 15) is 0 Å². The third-order valence-corrected chi connectivity index (χ3v) is 4.16. The summed E-state index contributed by atoms with van der Waals surface area (Å²) >= 11 is 6.86. The Hall–Kier alpha value is -1.85. The molecule has 0 unspecified atom stereocenters. The van der Waals surface area contributed by atoms with E-state index in [1.807, 2.05) is 59.6 Å². The van der Waals surface area contributed by atoms with E-state index in [2.05, 4.69) is 5.10 Å². The molecule has 0 saturated heterocycles. The van der Waals surface area contributed by atoms with Crippen molar-refractivity contribution in [2.24, 2.45) is 5.73 Å². The molecule has 0 aliphatic carbocycles. The Morgan fingerprint density at radius 2 is 2.00 bits per heavy atom. The van der Waals surface area contributed by atoms with Gasteiger partial charge in [-0.2, -0.15) is 5.10 Å². The van der Waals surface area contributed by atoms with E-state index < -0.39 is 0 Å². The number of thiocarbonyl (C=S) groups is 1. The van der Waals surface area contributed by atoms with Gasteiger partial charge in [-0.25, -0.2) is 4.68 Å². The molecule has 0 atom stereocenters. The molecule has 3 aromatic rings. The molecule has 0 saturated carbocycles. The van der Waals surface area contributed by atoms with Gasteiger partial charge in [0.25, 0.3) is 0 Å². The number of hydrogen-bond donors (Lipinski definition) is 1. The summed E-state index contributed by atoms with van der Waals surface area (Å²) in [5.41, 5.74) is 8.76. The average molecular weight is 299 g/mol. The predicted octanol–water partition coefficient (Wildman–Crippen LogP) is 3.38. The van der Waals surface area contributed by atoms with Crippen molar-refractivity contribution in [2.75, 3.05) is 6.26 Å². The number of para-hydroxylation sites is 1. The topological polar surface area (TPSA) is 43.8 Å². The molecule has 1 heterocycles. The maximum absolute atomic E-state index is 5.92. The zero-order valence-corrected chi connectivity index (χ0v) is 12.5. The molecule has 0 amide bonds. The Morgan fingerprint density at radius 3 is 2.75 bits per heavy atom. The molecule has 0 aliphatic rings. The standard InChI is InChI=1S/C15H13N3S2/c1-20-13-8-4-7-12(14(13)15(16)19)18-11-6-3-2-5-10(11)9-17-18/h2-9H,1H3,(H2,16,19). The Morgan fingerprint density at radius 1 is 1.20 bits per heavy atom. The van der Waals surface area contributed by atoms with Crippen LogP contribution in [0.1, 0.15) is 5.56 Å². The number of nitrogens with zero attached hydrogens (tertiary/aromatic N) is 2. The van der Waals surface area contributed by atoms with Gasteiger partial charge in [0, 0.05) is 15.8 Å². The lowest BCUT2D eigenvalue weighted by molar-refractivity contribution is 0.904. The second kappa shape index (κ2) is 5.26. The van der Waals surface area contributed by atoms with Crippen LogP contribution < -0.4 is 5.73 Å². The summed E-state index contributed by atoms with van der Waals surface area (Å²) < 4.78 is 1.89. The molecule has 100 valence electrons. The Bertz CT molecular complexity index is 793. The minimum Gasteiger partial charge on any atom is -0.389 e. The van der Waals surface area contributed by atoms with Gasteiger partial charge in [0.05, 0.1) is 17.4 Å². The molecule has 2 aromatic carbocycles. The Kier molecular flexibility index (Phi) is 3.46. The first-order chi connectivity index (χ1) is 9.72. The van der Waals surface area contributed by atoms with Gasteiger partial charge < -0.3 is 5.73 Å². The number of aromatic nitrogens is 2. The van der Waals surface area contributed by atoms with Crippen LogP contribution in [0.4, 0.5) is 0 Å². The lowest BCUT2D eigenvalue weighted by Gasteiger charge is -2.13. The fourth-order valence-corrected chi connectivity index (χ4v) is 3.19. The smallest absolute Gasteiger partial charge is 0.107 e. The monoisotopic (exact) mass is 299 g/mol. The molecule has 20 heavy (non-hydrogen) atoms. The molecule has 0 spiro atoms. The van der Waals surface area contributed by atoms with Crippen molar-refractivity contribution in [1.82, 2.24) is 9.78 Å². The molecular weight excluding hydrogens is 286 g/mol. The highest BCUT2D eigenvalue weighted by molar-refractivity contribution is 7.98. The van der Waals surface area contributed by atoms with Crippen molar-refractivity contribution >= 4 is 39.9 Å². The number of hydrogen-bond acceptors (Lipinski definition) is 3. The summed E-state index contributed by atoms with van der Waals surface area (Å²) in [5.74, 6) is 0. The van der Waals surface area contributed by atoms with Crippen LogP contribution in [0.5, 0.6) is 0 Å². The minimum atomic E-state index is 0.393. The van der Waals surface area contributed by atoms with Crippen molar-refractivity contribution in [1.29, 1.82) is 0 Å². The third-order valence-electron chi connectivity index (χ3n) is 3.18. The quantitative estimate of drug-likeness (QED) is 0.595. The van der Waals surface area contributed by atoms with Crippen molar-refractivity contribution < 1.29 is 0 Å². The molecular formula is C15H13N3S2. The van der Waals surface area contributed by atoms with E-state index >= 15 is 0 Å². The molecule has 2 N–H and O–H groups in total. The molecule has 3 nitrogen and oxygen atoms in total. The molecule has 0 fully saturated rings. The van der Waals surface area contributed by atoms with E-state index in [-0.39, 0.29) is 0 Å². The normalized spacial score (nSPS) is 10.8. The molecule has 0 bridgehead atoms. The van der Waals surface area contributed by atoms with Gasteiger partial charge >= 0.3 is 0 Å². The van der Waals surface area contributed by atoms with Gasteiger partial charge in [0.1, 0.15) is 4.99 Å². The highest BCUT2D eigenvalue weighted by Gasteiger charge is 2.14. The fraction of sp³-hybridized carbons (Fsp3) is 0.0667. The third kappa shape index (κ3) is 2.09. The van der Waals surface area contributed by atoms with Crippen molar-refractivity contribution in [3.63, 3.8) is 0 Å². The van der Waals surface area contributed by atoms with Crippen molar-refractivity contribution in [2.45, 2.75) is 4.90 Å². The number of rotatable bonds is 3. The Balaban J connectivity index is 2.32. The van der Waals surface area contributed by atoms with E-state index in [4.69, 9.17) is 18.0 Å². The molecule has 1 aromatic heterocycles. The highest BCUT2D eigenvalue weighted by atomic mass is 32.2. The second-order valence-electron chi connectivity index (χ2n) is 4.33. The highest BCUT2D eigenvalue weighted by Crippen LogP contribution is 2.28. The molecule has 0 radical (unpaired) electrons. The van der Waals surface area contributed by atoms with E-state index in [1.54, 1.807) is 11.8 Å². The van der Waals surface area contributed by atoms with Gasteiger partial charge in [-0.05, 0) is 24.5 Å². The maximum atomic E-state index is 5.92. The van der Waals surface area contributed by atoms with Crippen LogP contribution in [0.3, 0.4) is 0 Å². The number of thioether (sulfide) groups is 1. The first-order valence-corrected chi connectivity index (χ1v) is 7.75. The van der Waals surface area contributed by atoms with Crippen LogP contribution in [-0.4, -0.2) is 21.0 Å². The zero-order valence-electron chi connectivity index (χ0n) is 10.9. The van der Waals surface area contributed by atoms with E-state index in [0.29, 0.717) is 4.99 Å². The molecule has 5 heteroatoms.